The molecule has 0 radical (unpaired) electrons. The molecule has 1 rings (SSSR count). The van der Waals surface area contributed by atoms with Gasteiger partial charge in [0, 0.05) is 0 Å². The van der Waals surface area contributed by atoms with E-state index in [1.54, 1.807) is 0 Å². The Morgan fingerprint density at radius 2 is 2.36 bits per heavy atom. The van der Waals surface area contributed by atoms with Gasteiger partial charge in [0.15, 0.2) is 0 Å². The first-order chi connectivity index (χ1) is 5.27. The Bertz CT molecular complexity index is 147. The number of hydrogen-bond acceptors (Lipinski definition) is 3. The molecular weight excluding hydrogens is 142 g/mol. The minimum absolute atomic E-state index is 0.0686. The van der Waals surface area contributed by atoms with Crippen molar-refractivity contribution in [2.75, 3.05) is 13.7 Å². The van der Waals surface area contributed by atoms with Gasteiger partial charge in [0.25, 0.3) is 0 Å². The third kappa shape index (κ3) is 1.93. The molecule has 3 nitrogen and oxygen atoms in total. The van der Waals surface area contributed by atoms with E-state index in [9.17, 15) is 4.79 Å². The van der Waals surface area contributed by atoms with Crippen LogP contribution >= 0.6 is 0 Å². The molecule has 1 fully saturated rings. The van der Waals surface area contributed by atoms with E-state index in [1.165, 1.54) is 7.11 Å². The molecule has 0 aliphatic heterocycles. The zero-order valence-electron chi connectivity index (χ0n) is 6.88. The molecule has 0 spiro atoms. The molecule has 0 aromatic carbocycles. The van der Waals surface area contributed by atoms with E-state index in [4.69, 9.17) is 5.73 Å². The van der Waals surface area contributed by atoms with E-state index >= 15 is 0 Å². The number of carbonyl (C=O) groups excluding carboxylic acids is 1. The normalized spacial score (nSPS) is 30.4. The van der Waals surface area contributed by atoms with Crippen molar-refractivity contribution in [3.63, 3.8) is 0 Å². The second-order valence-corrected chi connectivity index (χ2v) is 3.13. The Morgan fingerprint density at radius 1 is 1.64 bits per heavy atom. The quantitative estimate of drug-likeness (QED) is 0.595. The molecule has 1 aliphatic rings. The molecule has 0 heterocycles. The highest BCUT2D eigenvalue weighted by Gasteiger charge is 2.29. The van der Waals surface area contributed by atoms with Gasteiger partial charge in [-0.25, -0.2) is 0 Å². The summed E-state index contributed by atoms with van der Waals surface area (Å²) in [6.07, 6.45) is 2.95. The van der Waals surface area contributed by atoms with Crippen molar-refractivity contribution in [3.05, 3.63) is 0 Å². The second-order valence-electron chi connectivity index (χ2n) is 3.13. The number of rotatable bonds is 2. The fraction of sp³-hybridized carbons (Fsp3) is 0.875. The van der Waals surface area contributed by atoms with Crippen LogP contribution in [-0.4, -0.2) is 19.6 Å². The lowest BCUT2D eigenvalue weighted by atomic mass is 10.1. The predicted molar refractivity (Wildman–Crippen MR) is 41.9 cm³/mol. The molecular formula is C8H15NO2. The fourth-order valence-corrected chi connectivity index (χ4v) is 1.67. The molecule has 11 heavy (non-hydrogen) atoms. The van der Waals surface area contributed by atoms with Gasteiger partial charge < -0.3 is 10.5 Å². The van der Waals surface area contributed by atoms with Gasteiger partial charge in [0.2, 0.25) is 0 Å². The summed E-state index contributed by atoms with van der Waals surface area (Å²) in [6, 6.07) is 0. The summed E-state index contributed by atoms with van der Waals surface area (Å²) in [5.41, 5.74) is 5.49. The maximum atomic E-state index is 11.0. The van der Waals surface area contributed by atoms with Gasteiger partial charge >= 0.3 is 5.97 Å². The van der Waals surface area contributed by atoms with E-state index in [1.807, 2.05) is 0 Å². The smallest absolute Gasteiger partial charge is 0.308 e. The van der Waals surface area contributed by atoms with Crippen molar-refractivity contribution in [2.45, 2.75) is 19.3 Å². The summed E-state index contributed by atoms with van der Waals surface area (Å²) in [5, 5.41) is 0. The van der Waals surface area contributed by atoms with Gasteiger partial charge in [-0.15, -0.1) is 0 Å². The van der Waals surface area contributed by atoms with Gasteiger partial charge in [-0.05, 0) is 31.7 Å². The van der Waals surface area contributed by atoms with Crippen molar-refractivity contribution in [3.8, 4) is 0 Å². The van der Waals surface area contributed by atoms with Crippen molar-refractivity contribution >= 4 is 5.97 Å². The molecule has 1 saturated carbocycles. The topological polar surface area (TPSA) is 52.3 Å². The van der Waals surface area contributed by atoms with Gasteiger partial charge in [0.05, 0.1) is 13.0 Å². The van der Waals surface area contributed by atoms with Gasteiger partial charge in [-0.3, -0.25) is 4.79 Å². The molecule has 2 unspecified atom stereocenters. The fourth-order valence-electron chi connectivity index (χ4n) is 1.67. The number of esters is 1. The van der Waals surface area contributed by atoms with Crippen molar-refractivity contribution in [1.82, 2.24) is 0 Å². The van der Waals surface area contributed by atoms with Crippen LogP contribution in [0.25, 0.3) is 0 Å². The first-order valence-electron chi connectivity index (χ1n) is 4.05. The summed E-state index contributed by atoms with van der Waals surface area (Å²) in [4.78, 5) is 11.0. The van der Waals surface area contributed by atoms with Crippen LogP contribution in [0.2, 0.25) is 0 Å². The molecule has 3 heteroatoms. The first kappa shape index (κ1) is 8.53. The number of carbonyl (C=O) groups is 1. The van der Waals surface area contributed by atoms with Crippen LogP contribution in [0, 0.1) is 11.8 Å². The molecule has 64 valence electrons. The summed E-state index contributed by atoms with van der Waals surface area (Å²) < 4.78 is 4.65. The van der Waals surface area contributed by atoms with Crippen LogP contribution in [0.3, 0.4) is 0 Å². The summed E-state index contributed by atoms with van der Waals surface area (Å²) in [5.74, 6) is 0.591. The predicted octanol–water partition coefficient (Wildman–Crippen LogP) is 0.534. The van der Waals surface area contributed by atoms with Crippen LogP contribution in [0.5, 0.6) is 0 Å². The second kappa shape index (κ2) is 3.72. The third-order valence-electron chi connectivity index (χ3n) is 2.41. The van der Waals surface area contributed by atoms with Crippen molar-refractivity contribution < 1.29 is 9.53 Å². The van der Waals surface area contributed by atoms with E-state index in [0.717, 1.165) is 19.3 Å². The van der Waals surface area contributed by atoms with Crippen molar-refractivity contribution in [1.29, 1.82) is 0 Å². The highest BCUT2D eigenvalue weighted by Crippen LogP contribution is 2.30. The molecule has 0 bridgehead atoms. The molecule has 0 aromatic heterocycles. The summed E-state index contributed by atoms with van der Waals surface area (Å²) >= 11 is 0. The molecule has 0 aromatic rings. The lowest BCUT2D eigenvalue weighted by Gasteiger charge is -2.06. The molecule has 0 saturated heterocycles. The van der Waals surface area contributed by atoms with Crippen molar-refractivity contribution in [2.24, 2.45) is 17.6 Å². The Morgan fingerprint density at radius 3 is 2.82 bits per heavy atom. The summed E-state index contributed by atoms with van der Waals surface area (Å²) in [7, 11) is 1.44. The van der Waals surface area contributed by atoms with Crippen LogP contribution in [0.4, 0.5) is 0 Å². The van der Waals surface area contributed by atoms with Gasteiger partial charge in [-0.2, -0.15) is 0 Å². The molecule has 2 N–H and O–H groups in total. The van der Waals surface area contributed by atoms with E-state index in [-0.39, 0.29) is 11.9 Å². The van der Waals surface area contributed by atoms with Crippen LogP contribution in [-0.2, 0) is 9.53 Å². The summed E-state index contributed by atoms with van der Waals surface area (Å²) in [6.45, 7) is 0.702. The number of ether oxygens (including phenoxy) is 1. The number of nitrogens with two attached hydrogens (primary N) is 1. The third-order valence-corrected chi connectivity index (χ3v) is 2.41. The van der Waals surface area contributed by atoms with E-state index in [2.05, 4.69) is 4.74 Å². The number of methoxy groups -OCH3 is 1. The zero-order chi connectivity index (χ0) is 8.27. The van der Waals surface area contributed by atoms with E-state index in [0.29, 0.717) is 12.5 Å². The average molecular weight is 157 g/mol. The maximum absolute atomic E-state index is 11.0. The van der Waals surface area contributed by atoms with Gasteiger partial charge in [0.1, 0.15) is 0 Å². The molecule has 2 atom stereocenters. The molecule has 0 amide bonds. The molecule has 1 aliphatic carbocycles. The lowest BCUT2D eigenvalue weighted by molar-refractivity contribution is -0.145. The maximum Gasteiger partial charge on any atom is 0.308 e. The minimum Gasteiger partial charge on any atom is -0.469 e. The Kier molecular flexibility index (Phi) is 2.88. The Hall–Kier alpha value is -0.570. The van der Waals surface area contributed by atoms with E-state index < -0.39 is 0 Å². The monoisotopic (exact) mass is 157 g/mol. The van der Waals surface area contributed by atoms with Crippen LogP contribution < -0.4 is 5.73 Å². The zero-order valence-corrected chi connectivity index (χ0v) is 6.88. The largest absolute Gasteiger partial charge is 0.469 e. The lowest BCUT2D eigenvalue weighted by Crippen LogP contribution is -2.15. The Balaban J connectivity index is 2.35. The first-order valence-corrected chi connectivity index (χ1v) is 4.05. The standard InChI is InChI=1S/C8H15NO2/c1-11-8(10)7-3-2-6(4-7)5-9/h6-7H,2-5,9H2,1H3. The minimum atomic E-state index is -0.0686. The van der Waals surface area contributed by atoms with Crippen LogP contribution in [0.15, 0.2) is 0 Å². The highest BCUT2D eigenvalue weighted by molar-refractivity contribution is 5.72. The van der Waals surface area contributed by atoms with Gasteiger partial charge in [-0.1, -0.05) is 0 Å². The Labute approximate surface area is 66.9 Å². The average Bonchev–Trinajstić information content (AvgIpc) is 2.50. The number of hydrogen-bond donors (Lipinski definition) is 1. The van der Waals surface area contributed by atoms with Crippen LogP contribution in [0.1, 0.15) is 19.3 Å². The SMILES string of the molecule is COC(=O)C1CCC(CN)C1. The highest BCUT2D eigenvalue weighted by atomic mass is 16.5.